The van der Waals surface area contributed by atoms with Crippen LogP contribution >= 0.6 is 0 Å². The maximum Gasteiger partial charge on any atom is 0.114 e. The summed E-state index contributed by atoms with van der Waals surface area (Å²) in [5, 5.41) is 15.1. The molecule has 3 heterocycles. The molecule has 4 aromatic carbocycles. The molecule has 0 fully saturated rings. The Morgan fingerprint density at radius 1 is 0.778 bits per heavy atom. The number of pyridine rings is 1. The molecule has 2 aromatic heterocycles. The minimum Gasteiger partial charge on any atom is -0.309 e. The summed E-state index contributed by atoms with van der Waals surface area (Å²) in [6.45, 7) is 4.97. The quantitative estimate of drug-likeness (QED) is 0.266. The molecule has 7 rings (SSSR count). The lowest BCUT2D eigenvalue weighted by Gasteiger charge is -2.20. The van der Waals surface area contributed by atoms with E-state index in [0.717, 1.165) is 16.9 Å². The summed E-state index contributed by atoms with van der Waals surface area (Å²) in [6.07, 6.45) is 1.70. The van der Waals surface area contributed by atoms with Gasteiger partial charge in [-0.15, -0.1) is 0 Å². The lowest BCUT2D eigenvalue weighted by Crippen LogP contribution is -2.49. The highest BCUT2D eigenvalue weighted by atomic mass is 28.3. The van der Waals surface area contributed by atoms with E-state index in [0.29, 0.717) is 5.56 Å². The van der Waals surface area contributed by atoms with E-state index in [1.54, 1.807) is 12.3 Å². The number of benzene rings is 4. The molecule has 6 aromatic rings. The van der Waals surface area contributed by atoms with E-state index in [9.17, 15) is 5.26 Å². The highest BCUT2D eigenvalue weighted by Gasteiger charge is 2.39. The molecule has 170 valence electrons. The number of hydrogen-bond donors (Lipinski definition) is 0. The summed E-state index contributed by atoms with van der Waals surface area (Å²) in [6, 6.07) is 36.6. The van der Waals surface area contributed by atoms with Crippen LogP contribution in [0.4, 0.5) is 0 Å². The third-order valence-electron chi connectivity index (χ3n) is 7.64. The number of fused-ring (bicyclic) bond motifs is 7. The molecule has 0 N–H and O–H groups in total. The molecule has 0 amide bonds. The first-order valence-electron chi connectivity index (χ1n) is 12.2. The van der Waals surface area contributed by atoms with Gasteiger partial charge in [-0.1, -0.05) is 73.8 Å². The fourth-order valence-corrected chi connectivity index (χ4v) is 9.52. The molecule has 36 heavy (non-hydrogen) atoms. The Bertz CT molecular complexity index is 1890. The smallest absolute Gasteiger partial charge is 0.114 e. The number of hydrogen-bond acceptors (Lipinski definition) is 2. The van der Waals surface area contributed by atoms with Crippen LogP contribution in [0.2, 0.25) is 13.1 Å². The van der Waals surface area contributed by atoms with E-state index in [-0.39, 0.29) is 0 Å². The fourth-order valence-electron chi connectivity index (χ4n) is 6.07. The molecule has 0 bridgehead atoms. The normalized spacial score (nSPS) is 13.5. The van der Waals surface area contributed by atoms with E-state index in [4.69, 9.17) is 0 Å². The van der Waals surface area contributed by atoms with Crippen LogP contribution < -0.4 is 10.4 Å². The first-order valence-corrected chi connectivity index (χ1v) is 15.2. The van der Waals surface area contributed by atoms with Gasteiger partial charge in [-0.3, -0.25) is 4.98 Å². The molecular formula is C32H23N3Si. The first-order chi connectivity index (χ1) is 17.6. The lowest BCUT2D eigenvalue weighted by molar-refractivity contribution is 1.18. The standard InChI is InChI=1S/C32H23N3Si/c1-36(2)30-13-6-4-10-24(30)25-14-15-29-31(32(25)36)26-11-3-5-12-28(26)35(29)23-9-7-8-22(19-23)27-18-21(20-33)16-17-34-27/h3-19H,1-2H3. The third kappa shape index (κ3) is 2.81. The summed E-state index contributed by atoms with van der Waals surface area (Å²) >= 11 is 0. The first kappa shape index (κ1) is 20.9. The van der Waals surface area contributed by atoms with Crippen molar-refractivity contribution in [3.63, 3.8) is 0 Å². The van der Waals surface area contributed by atoms with Gasteiger partial charge in [0.2, 0.25) is 0 Å². The van der Waals surface area contributed by atoms with Crippen LogP contribution in [-0.2, 0) is 0 Å². The highest BCUT2D eigenvalue weighted by Crippen LogP contribution is 2.38. The van der Waals surface area contributed by atoms with Crippen molar-refractivity contribution in [2.75, 3.05) is 0 Å². The molecule has 0 atom stereocenters. The van der Waals surface area contributed by atoms with E-state index in [1.165, 1.54) is 43.3 Å². The second-order valence-electron chi connectivity index (χ2n) is 10.00. The molecule has 3 nitrogen and oxygen atoms in total. The van der Waals surface area contributed by atoms with Crippen molar-refractivity contribution in [2.45, 2.75) is 13.1 Å². The molecule has 1 aliphatic rings. The lowest BCUT2D eigenvalue weighted by atomic mass is 10.0. The summed E-state index contributed by atoms with van der Waals surface area (Å²) < 4.78 is 2.38. The zero-order valence-corrected chi connectivity index (χ0v) is 21.2. The molecule has 0 unspecified atom stereocenters. The Morgan fingerprint density at radius 3 is 2.50 bits per heavy atom. The van der Waals surface area contributed by atoms with Gasteiger partial charge in [0.05, 0.1) is 28.4 Å². The van der Waals surface area contributed by atoms with Crippen molar-refractivity contribution in [2.24, 2.45) is 0 Å². The van der Waals surface area contributed by atoms with E-state index in [1.807, 2.05) is 6.07 Å². The predicted molar refractivity (Wildman–Crippen MR) is 151 cm³/mol. The second kappa shape index (κ2) is 7.52. The maximum absolute atomic E-state index is 9.36. The van der Waals surface area contributed by atoms with Gasteiger partial charge in [-0.2, -0.15) is 5.26 Å². The summed E-state index contributed by atoms with van der Waals surface area (Å²) in [7, 11) is -1.88. The number of para-hydroxylation sites is 1. The van der Waals surface area contributed by atoms with Crippen LogP contribution in [-0.4, -0.2) is 17.6 Å². The molecule has 0 radical (unpaired) electrons. The largest absolute Gasteiger partial charge is 0.309 e. The average Bonchev–Trinajstić information content (AvgIpc) is 3.38. The van der Waals surface area contributed by atoms with Crippen molar-refractivity contribution >= 4 is 40.3 Å². The third-order valence-corrected chi connectivity index (χ3v) is 11.2. The SMILES string of the molecule is C[Si]1(C)c2ccccc2-c2ccc3c(c21)c1ccccc1n3-c1cccc(-c2cc(C#N)ccn2)c1. The van der Waals surface area contributed by atoms with Crippen molar-refractivity contribution in [3.8, 4) is 34.1 Å². The molecular weight excluding hydrogens is 454 g/mol. The molecule has 0 spiro atoms. The number of nitrogens with zero attached hydrogens (tertiary/aromatic N) is 3. The Kier molecular flexibility index (Phi) is 4.36. The predicted octanol–water partition coefficient (Wildman–Crippen LogP) is 6.52. The van der Waals surface area contributed by atoms with Gasteiger partial charge < -0.3 is 4.57 Å². The molecule has 0 aliphatic carbocycles. The van der Waals surface area contributed by atoms with Crippen LogP contribution in [0.3, 0.4) is 0 Å². The zero-order chi connectivity index (χ0) is 24.4. The Hall–Kier alpha value is -4.46. The average molecular weight is 478 g/mol. The van der Waals surface area contributed by atoms with E-state index < -0.39 is 8.07 Å². The number of aromatic nitrogens is 2. The summed E-state index contributed by atoms with van der Waals surface area (Å²) in [4.78, 5) is 4.54. The highest BCUT2D eigenvalue weighted by molar-refractivity contribution is 7.05. The van der Waals surface area contributed by atoms with Crippen LogP contribution in [0.5, 0.6) is 0 Å². The van der Waals surface area contributed by atoms with Gasteiger partial charge in [0.15, 0.2) is 0 Å². The van der Waals surface area contributed by atoms with Crippen LogP contribution in [0, 0.1) is 11.3 Å². The maximum atomic E-state index is 9.36. The molecule has 0 saturated carbocycles. The van der Waals surface area contributed by atoms with Crippen molar-refractivity contribution in [1.29, 1.82) is 5.26 Å². The van der Waals surface area contributed by atoms with Crippen molar-refractivity contribution in [1.82, 2.24) is 9.55 Å². The molecule has 4 heteroatoms. The van der Waals surface area contributed by atoms with Gasteiger partial charge in [0.1, 0.15) is 8.07 Å². The Morgan fingerprint density at radius 2 is 1.61 bits per heavy atom. The van der Waals surface area contributed by atoms with Gasteiger partial charge >= 0.3 is 0 Å². The minimum absolute atomic E-state index is 0.615. The summed E-state index contributed by atoms with van der Waals surface area (Å²) in [5.74, 6) is 0. The van der Waals surface area contributed by atoms with Crippen molar-refractivity contribution < 1.29 is 0 Å². The molecule has 1 aliphatic heterocycles. The topological polar surface area (TPSA) is 41.6 Å². The number of nitriles is 1. The number of rotatable bonds is 2. The second-order valence-corrected chi connectivity index (χ2v) is 14.3. The summed E-state index contributed by atoms with van der Waals surface area (Å²) in [5.41, 5.74) is 8.75. The van der Waals surface area contributed by atoms with Gasteiger partial charge in [0.25, 0.3) is 0 Å². The van der Waals surface area contributed by atoms with Crippen molar-refractivity contribution in [3.05, 3.63) is 109 Å². The van der Waals surface area contributed by atoms with Crippen LogP contribution in [0.1, 0.15) is 5.56 Å². The van der Waals surface area contributed by atoms with E-state index in [2.05, 4.69) is 114 Å². The minimum atomic E-state index is -1.88. The zero-order valence-electron chi connectivity index (χ0n) is 20.2. The van der Waals surface area contributed by atoms with Crippen LogP contribution in [0.25, 0.3) is 49.9 Å². The molecule has 0 saturated heterocycles. The van der Waals surface area contributed by atoms with Gasteiger partial charge in [-0.25, -0.2) is 0 Å². The Labute approximate surface area is 210 Å². The van der Waals surface area contributed by atoms with Gasteiger partial charge in [0, 0.05) is 28.2 Å². The van der Waals surface area contributed by atoms with Gasteiger partial charge in [-0.05, 0) is 57.9 Å². The van der Waals surface area contributed by atoms with Crippen LogP contribution in [0.15, 0.2) is 103 Å². The van der Waals surface area contributed by atoms with E-state index >= 15 is 0 Å². The monoisotopic (exact) mass is 477 g/mol. The Balaban J connectivity index is 1.54. The fraction of sp³-hybridized carbons (Fsp3) is 0.0625.